The molecule has 30 heavy (non-hydrogen) atoms. The van der Waals surface area contributed by atoms with E-state index in [0.29, 0.717) is 11.1 Å². The van der Waals surface area contributed by atoms with Crippen molar-refractivity contribution in [2.75, 3.05) is 0 Å². The summed E-state index contributed by atoms with van der Waals surface area (Å²) >= 11 is 0.960. The molecule has 0 spiro atoms. The Morgan fingerprint density at radius 2 is 1.67 bits per heavy atom. The minimum Gasteiger partial charge on any atom is -0.506 e. The second kappa shape index (κ2) is 9.22. The van der Waals surface area contributed by atoms with E-state index in [4.69, 9.17) is 9.15 Å². The molecule has 5 nitrogen and oxygen atoms in total. The third-order valence-corrected chi connectivity index (χ3v) is 6.40. The fraction of sp³-hybridized carbons (Fsp3) is 0.250. The number of rotatable bonds is 6. The van der Waals surface area contributed by atoms with Crippen LogP contribution < -0.4 is 5.63 Å². The zero-order valence-corrected chi connectivity index (χ0v) is 17.1. The molecule has 1 aliphatic rings. The third kappa shape index (κ3) is 4.60. The first-order valence-corrected chi connectivity index (χ1v) is 10.8. The van der Waals surface area contributed by atoms with Gasteiger partial charge in [-0.25, -0.2) is 4.79 Å². The largest absolute Gasteiger partial charge is 0.506 e. The van der Waals surface area contributed by atoms with Crippen molar-refractivity contribution in [3.8, 4) is 17.1 Å². The van der Waals surface area contributed by atoms with Gasteiger partial charge in [-0.2, -0.15) is 0 Å². The molecular formula is C24H22O5S. The Balaban J connectivity index is 1.64. The van der Waals surface area contributed by atoms with Gasteiger partial charge in [-0.05, 0) is 31.2 Å². The van der Waals surface area contributed by atoms with Gasteiger partial charge in [0, 0.05) is 11.6 Å². The lowest BCUT2D eigenvalue weighted by Gasteiger charge is -2.19. The molecule has 0 bridgehead atoms. The smallest absolute Gasteiger partial charge is 0.353 e. The molecule has 1 heterocycles. The molecule has 6 heteroatoms. The van der Waals surface area contributed by atoms with E-state index in [-0.39, 0.29) is 22.5 Å². The van der Waals surface area contributed by atoms with Crippen molar-refractivity contribution < 1.29 is 19.1 Å². The molecule has 0 saturated heterocycles. The molecule has 1 aromatic heterocycles. The highest BCUT2D eigenvalue weighted by Gasteiger charge is 2.30. The van der Waals surface area contributed by atoms with E-state index in [2.05, 4.69) is 0 Å². The van der Waals surface area contributed by atoms with Crippen LogP contribution in [0.2, 0.25) is 0 Å². The summed E-state index contributed by atoms with van der Waals surface area (Å²) in [6.07, 6.45) is 3.72. The average molecular weight is 423 g/mol. The van der Waals surface area contributed by atoms with Gasteiger partial charge in [-0.3, -0.25) is 4.79 Å². The van der Waals surface area contributed by atoms with Gasteiger partial charge >= 0.3 is 11.6 Å². The zero-order valence-electron chi connectivity index (χ0n) is 16.3. The summed E-state index contributed by atoms with van der Waals surface area (Å²) in [6, 6.07) is 19.6. The number of hydrogen-bond acceptors (Lipinski definition) is 6. The monoisotopic (exact) mass is 422 g/mol. The highest BCUT2D eigenvalue weighted by atomic mass is 32.2. The lowest BCUT2D eigenvalue weighted by atomic mass is 10.1. The van der Waals surface area contributed by atoms with Gasteiger partial charge in [-0.1, -0.05) is 72.4 Å². The first-order valence-electron chi connectivity index (χ1n) is 9.96. The van der Waals surface area contributed by atoms with Crippen LogP contribution in [0.25, 0.3) is 11.3 Å². The van der Waals surface area contributed by atoms with Crippen molar-refractivity contribution in [3.63, 3.8) is 0 Å². The highest BCUT2D eigenvalue weighted by Crippen LogP contribution is 2.40. The number of aromatic hydroxyl groups is 1. The molecule has 4 rings (SSSR count). The average Bonchev–Trinajstić information content (AvgIpc) is 3.27. The standard InChI is InChI=1S/C24H22O5S/c25-19-15-20(16-9-3-1-4-10-16)29-24(27)22(19)30-21(17-11-5-2-6-12-17)23(26)28-18-13-7-8-14-18/h1-6,9-12,15,18,21,25H,7-8,13-14H2. The summed E-state index contributed by atoms with van der Waals surface area (Å²) in [5.74, 6) is -0.360. The van der Waals surface area contributed by atoms with E-state index in [1.165, 1.54) is 6.07 Å². The molecule has 1 atom stereocenters. The number of carbonyl (C=O) groups excluding carboxylic acids is 1. The lowest BCUT2D eigenvalue weighted by molar-refractivity contribution is -0.148. The Morgan fingerprint density at radius 1 is 1.03 bits per heavy atom. The summed E-state index contributed by atoms with van der Waals surface area (Å²) in [4.78, 5) is 25.6. The molecule has 0 radical (unpaired) electrons. The van der Waals surface area contributed by atoms with Gasteiger partial charge in [0.15, 0.2) is 0 Å². The van der Waals surface area contributed by atoms with Crippen molar-refractivity contribution in [3.05, 3.63) is 82.7 Å². The van der Waals surface area contributed by atoms with Gasteiger partial charge in [-0.15, -0.1) is 0 Å². The van der Waals surface area contributed by atoms with E-state index in [1.807, 2.05) is 48.5 Å². The van der Waals surface area contributed by atoms with Crippen LogP contribution in [0.3, 0.4) is 0 Å². The topological polar surface area (TPSA) is 76.7 Å². The maximum Gasteiger partial charge on any atom is 0.353 e. The summed E-state index contributed by atoms with van der Waals surface area (Å²) in [5.41, 5.74) is 0.701. The molecule has 1 N–H and O–H groups in total. The Kier molecular flexibility index (Phi) is 6.23. The van der Waals surface area contributed by atoms with Crippen molar-refractivity contribution in [2.45, 2.75) is 41.9 Å². The van der Waals surface area contributed by atoms with E-state index < -0.39 is 16.8 Å². The molecule has 2 aromatic carbocycles. The van der Waals surface area contributed by atoms with Crippen LogP contribution in [0.15, 0.2) is 80.8 Å². The second-order valence-electron chi connectivity index (χ2n) is 7.23. The SMILES string of the molecule is O=C(OC1CCCC1)C(Sc1c(O)cc(-c2ccccc2)oc1=O)c1ccccc1. The van der Waals surface area contributed by atoms with E-state index >= 15 is 0 Å². The van der Waals surface area contributed by atoms with E-state index in [9.17, 15) is 14.7 Å². The second-order valence-corrected chi connectivity index (χ2v) is 8.35. The number of benzene rings is 2. The molecule has 0 amide bonds. The van der Waals surface area contributed by atoms with Crippen LogP contribution in [-0.4, -0.2) is 17.2 Å². The van der Waals surface area contributed by atoms with Crippen LogP contribution in [-0.2, 0) is 9.53 Å². The molecular weight excluding hydrogens is 400 g/mol. The molecule has 1 fully saturated rings. The third-order valence-electron chi connectivity index (χ3n) is 5.08. The van der Waals surface area contributed by atoms with Crippen LogP contribution in [0.4, 0.5) is 0 Å². The molecule has 154 valence electrons. The normalized spacial score (nSPS) is 15.1. The fourth-order valence-corrected chi connectivity index (χ4v) is 4.55. The van der Waals surface area contributed by atoms with Gasteiger partial charge < -0.3 is 14.3 Å². The number of carbonyl (C=O) groups is 1. The maximum atomic E-state index is 13.0. The minimum absolute atomic E-state index is 0.00749. The first-order chi connectivity index (χ1) is 14.6. The zero-order chi connectivity index (χ0) is 20.9. The Labute approximate surface area is 178 Å². The molecule has 0 aliphatic heterocycles. The van der Waals surface area contributed by atoms with Crippen LogP contribution in [0, 0.1) is 0 Å². The van der Waals surface area contributed by atoms with Crippen molar-refractivity contribution in [2.24, 2.45) is 0 Å². The summed E-state index contributed by atoms with van der Waals surface area (Å²) in [7, 11) is 0. The van der Waals surface area contributed by atoms with Crippen LogP contribution >= 0.6 is 11.8 Å². The predicted molar refractivity (Wildman–Crippen MR) is 115 cm³/mol. The Hall–Kier alpha value is -2.99. The Bertz CT molecular complexity index is 1060. The van der Waals surface area contributed by atoms with Gasteiger partial charge in [0.1, 0.15) is 27.8 Å². The fourth-order valence-electron chi connectivity index (χ4n) is 3.55. The van der Waals surface area contributed by atoms with Crippen LogP contribution in [0.1, 0.15) is 36.5 Å². The highest BCUT2D eigenvalue weighted by molar-refractivity contribution is 8.00. The van der Waals surface area contributed by atoms with Gasteiger partial charge in [0.05, 0.1) is 0 Å². The number of ether oxygens (including phenoxy) is 1. The van der Waals surface area contributed by atoms with Crippen molar-refractivity contribution in [1.29, 1.82) is 0 Å². The molecule has 1 unspecified atom stereocenters. The summed E-state index contributed by atoms with van der Waals surface area (Å²) in [6.45, 7) is 0. The molecule has 1 aliphatic carbocycles. The van der Waals surface area contributed by atoms with E-state index in [0.717, 1.165) is 37.4 Å². The van der Waals surface area contributed by atoms with Crippen molar-refractivity contribution in [1.82, 2.24) is 0 Å². The van der Waals surface area contributed by atoms with Gasteiger partial charge in [0.2, 0.25) is 0 Å². The number of thioether (sulfide) groups is 1. The Morgan fingerprint density at radius 3 is 2.30 bits per heavy atom. The number of esters is 1. The predicted octanol–water partition coefficient (Wildman–Crippen LogP) is 5.33. The van der Waals surface area contributed by atoms with Crippen molar-refractivity contribution >= 4 is 17.7 Å². The lowest BCUT2D eigenvalue weighted by Crippen LogP contribution is -2.20. The number of hydrogen-bond donors (Lipinski definition) is 1. The molecule has 1 saturated carbocycles. The maximum absolute atomic E-state index is 13.0. The van der Waals surface area contributed by atoms with E-state index in [1.54, 1.807) is 12.1 Å². The summed E-state index contributed by atoms with van der Waals surface area (Å²) in [5, 5.41) is 9.79. The summed E-state index contributed by atoms with van der Waals surface area (Å²) < 4.78 is 11.1. The van der Waals surface area contributed by atoms with Gasteiger partial charge in [0.25, 0.3) is 0 Å². The van der Waals surface area contributed by atoms with Crippen LogP contribution in [0.5, 0.6) is 5.75 Å². The molecule has 3 aromatic rings. The minimum atomic E-state index is -0.775. The first kappa shape index (κ1) is 20.3. The quantitative estimate of drug-likeness (QED) is 0.427.